The average molecular weight is 188 g/mol. The summed E-state index contributed by atoms with van der Waals surface area (Å²) >= 11 is 0. The molecule has 5 nitrogen and oxygen atoms in total. The van der Waals surface area contributed by atoms with Crippen LogP contribution < -0.4 is 5.73 Å². The van der Waals surface area contributed by atoms with Gasteiger partial charge in [-0.05, 0) is 12.1 Å². The van der Waals surface area contributed by atoms with Crippen LogP contribution in [-0.4, -0.2) is 20.9 Å². The van der Waals surface area contributed by atoms with Gasteiger partial charge in [0.15, 0.2) is 0 Å². The predicted octanol–water partition coefficient (Wildman–Crippen LogP) is 0.571. The number of nitrogens with one attached hydrogen (secondary N) is 1. The minimum absolute atomic E-state index is 0.435. The highest BCUT2D eigenvalue weighted by Crippen LogP contribution is 2.13. The van der Waals surface area contributed by atoms with Crippen molar-refractivity contribution in [1.29, 1.82) is 0 Å². The molecule has 0 aliphatic heterocycles. The van der Waals surface area contributed by atoms with Gasteiger partial charge in [-0.2, -0.15) is 0 Å². The Bertz CT molecular complexity index is 450. The van der Waals surface area contributed by atoms with Gasteiger partial charge in [-0.15, -0.1) is 0 Å². The molecule has 0 aliphatic carbocycles. The number of H-pyrrole nitrogens is 1. The van der Waals surface area contributed by atoms with Crippen LogP contribution in [0.2, 0.25) is 0 Å². The lowest BCUT2D eigenvalue weighted by Crippen LogP contribution is -2.10. The highest BCUT2D eigenvalue weighted by atomic mass is 16.1. The summed E-state index contributed by atoms with van der Waals surface area (Å²) in [6, 6.07) is 3.19. The minimum atomic E-state index is -0.465. The van der Waals surface area contributed by atoms with Crippen molar-refractivity contribution in [1.82, 2.24) is 15.0 Å². The van der Waals surface area contributed by atoms with Crippen LogP contribution in [0.3, 0.4) is 0 Å². The molecule has 2 rings (SSSR count). The fourth-order valence-corrected chi connectivity index (χ4v) is 1.13. The van der Waals surface area contributed by atoms with Crippen LogP contribution in [0.25, 0.3) is 11.4 Å². The minimum Gasteiger partial charge on any atom is -0.366 e. The lowest BCUT2D eigenvalue weighted by molar-refractivity contribution is 0.1000. The third-order valence-electron chi connectivity index (χ3n) is 1.82. The third-order valence-corrected chi connectivity index (χ3v) is 1.82. The van der Waals surface area contributed by atoms with Gasteiger partial charge in [0.2, 0.25) is 5.91 Å². The Hall–Kier alpha value is -2.17. The Kier molecular flexibility index (Phi) is 1.98. The van der Waals surface area contributed by atoms with Crippen molar-refractivity contribution in [3.63, 3.8) is 0 Å². The van der Waals surface area contributed by atoms with E-state index in [1.165, 1.54) is 6.20 Å². The quantitative estimate of drug-likeness (QED) is 0.722. The van der Waals surface area contributed by atoms with Crippen molar-refractivity contribution in [2.75, 3.05) is 0 Å². The molecular weight excluding hydrogens is 180 g/mol. The highest BCUT2D eigenvalue weighted by molar-refractivity contribution is 5.93. The zero-order valence-corrected chi connectivity index (χ0v) is 7.27. The largest absolute Gasteiger partial charge is 0.366 e. The molecule has 0 atom stereocenters. The molecule has 70 valence electrons. The standard InChI is InChI=1S/C9H8N4O/c10-9(14)6-1-2-12-7(3-6)8-4-11-5-13-8/h1-5H,(H2,10,14)(H,11,13). The number of aromatic nitrogens is 3. The van der Waals surface area contributed by atoms with Crippen LogP contribution in [0.15, 0.2) is 30.9 Å². The molecule has 2 aromatic rings. The monoisotopic (exact) mass is 188 g/mol. The van der Waals surface area contributed by atoms with Gasteiger partial charge < -0.3 is 10.7 Å². The summed E-state index contributed by atoms with van der Waals surface area (Å²) in [7, 11) is 0. The Morgan fingerprint density at radius 3 is 3.00 bits per heavy atom. The predicted molar refractivity (Wildman–Crippen MR) is 50.3 cm³/mol. The summed E-state index contributed by atoms with van der Waals surface area (Å²) in [5.74, 6) is -0.465. The molecule has 3 N–H and O–H groups in total. The van der Waals surface area contributed by atoms with Gasteiger partial charge in [0.05, 0.1) is 23.9 Å². The molecule has 5 heteroatoms. The Balaban J connectivity index is 2.46. The molecule has 0 aliphatic rings. The number of carbonyl (C=O) groups is 1. The van der Waals surface area contributed by atoms with Gasteiger partial charge in [-0.25, -0.2) is 4.98 Å². The van der Waals surface area contributed by atoms with E-state index in [9.17, 15) is 4.79 Å². The van der Waals surface area contributed by atoms with Crippen molar-refractivity contribution in [3.8, 4) is 11.4 Å². The molecule has 0 radical (unpaired) electrons. The first kappa shape index (κ1) is 8.43. The topological polar surface area (TPSA) is 84.7 Å². The summed E-state index contributed by atoms with van der Waals surface area (Å²) in [5, 5.41) is 0. The molecule has 0 spiro atoms. The number of imidazole rings is 1. The van der Waals surface area contributed by atoms with Crippen LogP contribution >= 0.6 is 0 Å². The maximum absolute atomic E-state index is 10.9. The Labute approximate surface area is 80.0 Å². The van der Waals surface area contributed by atoms with E-state index in [0.29, 0.717) is 11.3 Å². The summed E-state index contributed by atoms with van der Waals surface area (Å²) in [5.41, 5.74) is 6.99. The van der Waals surface area contributed by atoms with Crippen molar-refractivity contribution in [2.45, 2.75) is 0 Å². The van der Waals surface area contributed by atoms with Gasteiger partial charge in [0.25, 0.3) is 0 Å². The zero-order chi connectivity index (χ0) is 9.97. The number of carbonyl (C=O) groups excluding carboxylic acids is 1. The number of amides is 1. The SMILES string of the molecule is NC(=O)c1ccnc(-c2cnc[nH]2)c1. The van der Waals surface area contributed by atoms with E-state index in [0.717, 1.165) is 5.69 Å². The van der Waals surface area contributed by atoms with E-state index in [2.05, 4.69) is 15.0 Å². The molecule has 14 heavy (non-hydrogen) atoms. The van der Waals surface area contributed by atoms with Gasteiger partial charge >= 0.3 is 0 Å². The maximum Gasteiger partial charge on any atom is 0.248 e. The summed E-state index contributed by atoms with van der Waals surface area (Å²) in [4.78, 5) is 21.7. The van der Waals surface area contributed by atoms with E-state index in [1.807, 2.05) is 0 Å². The molecule has 0 unspecified atom stereocenters. The average Bonchev–Trinajstić information content (AvgIpc) is 2.71. The second-order valence-corrected chi connectivity index (χ2v) is 2.76. The van der Waals surface area contributed by atoms with Gasteiger partial charge in [-0.3, -0.25) is 9.78 Å². The number of primary amides is 1. The first-order chi connectivity index (χ1) is 6.77. The summed E-state index contributed by atoms with van der Waals surface area (Å²) < 4.78 is 0. The number of hydrogen-bond donors (Lipinski definition) is 2. The molecule has 0 aromatic carbocycles. The van der Waals surface area contributed by atoms with Crippen LogP contribution in [-0.2, 0) is 0 Å². The third kappa shape index (κ3) is 1.47. The number of hydrogen-bond acceptors (Lipinski definition) is 3. The second-order valence-electron chi connectivity index (χ2n) is 2.76. The second kappa shape index (κ2) is 3.29. The van der Waals surface area contributed by atoms with Crippen molar-refractivity contribution >= 4 is 5.91 Å². The fraction of sp³-hybridized carbons (Fsp3) is 0. The van der Waals surface area contributed by atoms with Crippen LogP contribution in [0, 0.1) is 0 Å². The molecular formula is C9H8N4O. The van der Waals surface area contributed by atoms with Crippen molar-refractivity contribution in [3.05, 3.63) is 36.4 Å². The summed E-state index contributed by atoms with van der Waals surface area (Å²) in [6.45, 7) is 0. The van der Waals surface area contributed by atoms with Gasteiger partial charge in [0, 0.05) is 11.8 Å². The number of aromatic amines is 1. The highest BCUT2D eigenvalue weighted by Gasteiger charge is 2.04. The first-order valence-electron chi connectivity index (χ1n) is 4.02. The Morgan fingerprint density at radius 1 is 1.50 bits per heavy atom. The van der Waals surface area contributed by atoms with Gasteiger partial charge in [0.1, 0.15) is 0 Å². The molecule has 2 aromatic heterocycles. The van der Waals surface area contributed by atoms with Crippen LogP contribution in [0.4, 0.5) is 0 Å². The molecule has 0 saturated heterocycles. The fourth-order valence-electron chi connectivity index (χ4n) is 1.13. The van der Waals surface area contributed by atoms with E-state index >= 15 is 0 Å². The number of pyridine rings is 1. The maximum atomic E-state index is 10.9. The zero-order valence-electron chi connectivity index (χ0n) is 7.27. The summed E-state index contributed by atoms with van der Waals surface area (Å²) in [6.07, 6.45) is 4.72. The molecule has 2 heterocycles. The Morgan fingerprint density at radius 2 is 2.36 bits per heavy atom. The van der Waals surface area contributed by atoms with Crippen LogP contribution in [0.5, 0.6) is 0 Å². The van der Waals surface area contributed by atoms with Crippen molar-refractivity contribution < 1.29 is 4.79 Å². The lowest BCUT2D eigenvalue weighted by atomic mass is 10.2. The molecule has 0 saturated carbocycles. The first-order valence-corrected chi connectivity index (χ1v) is 4.02. The van der Waals surface area contributed by atoms with E-state index < -0.39 is 5.91 Å². The van der Waals surface area contributed by atoms with E-state index in [4.69, 9.17) is 5.73 Å². The smallest absolute Gasteiger partial charge is 0.248 e. The lowest BCUT2D eigenvalue weighted by Gasteiger charge is -1.98. The molecule has 0 bridgehead atoms. The van der Waals surface area contributed by atoms with Crippen molar-refractivity contribution in [2.24, 2.45) is 5.73 Å². The number of rotatable bonds is 2. The molecule has 1 amide bonds. The number of nitrogens with zero attached hydrogens (tertiary/aromatic N) is 2. The van der Waals surface area contributed by atoms with E-state index in [1.54, 1.807) is 24.7 Å². The molecule has 0 fully saturated rings. The normalized spacial score (nSPS) is 10.0. The van der Waals surface area contributed by atoms with E-state index in [-0.39, 0.29) is 0 Å². The number of nitrogens with two attached hydrogens (primary N) is 1. The van der Waals surface area contributed by atoms with Crippen LogP contribution in [0.1, 0.15) is 10.4 Å². The van der Waals surface area contributed by atoms with Gasteiger partial charge in [-0.1, -0.05) is 0 Å².